The molecule has 0 aliphatic heterocycles. The van der Waals surface area contributed by atoms with Crippen LogP contribution >= 0.6 is 11.8 Å². The molecule has 0 radical (unpaired) electrons. The number of carbonyl (C=O) groups is 2. The highest BCUT2D eigenvalue weighted by Gasteiger charge is 2.20. The Morgan fingerprint density at radius 1 is 1.35 bits per heavy atom. The number of nitrogens with one attached hydrogen (secondary N) is 2. The average Bonchev–Trinajstić information content (AvgIpc) is 2.44. The fourth-order valence-corrected chi connectivity index (χ4v) is 2.10. The van der Waals surface area contributed by atoms with E-state index in [4.69, 9.17) is 5.11 Å². The number of carboxylic acids is 1. The highest BCUT2D eigenvalue weighted by atomic mass is 32.2. The largest absolute Gasteiger partial charge is 0.480 e. The molecule has 20 heavy (non-hydrogen) atoms. The molecular weight excluding hydrogens is 278 g/mol. The molecular formula is C13H19N3O3S. The van der Waals surface area contributed by atoms with E-state index in [1.807, 2.05) is 13.2 Å². The lowest BCUT2D eigenvalue weighted by Gasteiger charge is -2.18. The number of rotatable bonds is 7. The zero-order valence-corrected chi connectivity index (χ0v) is 12.3. The Bertz CT molecular complexity index is 442. The quantitative estimate of drug-likeness (QED) is 0.712. The zero-order valence-electron chi connectivity index (χ0n) is 11.5. The van der Waals surface area contributed by atoms with Crippen LogP contribution in [-0.4, -0.2) is 40.1 Å². The van der Waals surface area contributed by atoms with Gasteiger partial charge in [0.05, 0.1) is 6.04 Å². The molecule has 0 saturated heterocycles. The summed E-state index contributed by atoms with van der Waals surface area (Å²) in [5.74, 6) is -0.345. The summed E-state index contributed by atoms with van der Waals surface area (Å²) >= 11 is 1.54. The van der Waals surface area contributed by atoms with Crippen molar-refractivity contribution in [2.24, 2.45) is 0 Å². The Kier molecular flexibility index (Phi) is 6.86. The van der Waals surface area contributed by atoms with Gasteiger partial charge in [0.25, 0.3) is 0 Å². The van der Waals surface area contributed by atoms with Gasteiger partial charge < -0.3 is 15.7 Å². The molecule has 2 amide bonds. The number of nitrogens with zero attached hydrogens (tertiary/aromatic N) is 1. The number of aromatic nitrogens is 1. The van der Waals surface area contributed by atoms with E-state index in [2.05, 4.69) is 15.6 Å². The number of hydrogen-bond donors (Lipinski definition) is 3. The van der Waals surface area contributed by atoms with Gasteiger partial charge in [0, 0.05) is 12.4 Å². The molecule has 1 aromatic rings. The normalized spacial score (nSPS) is 13.3. The Hall–Kier alpha value is -1.76. The summed E-state index contributed by atoms with van der Waals surface area (Å²) in [5, 5.41) is 14.2. The van der Waals surface area contributed by atoms with Gasteiger partial charge in [-0.05, 0) is 43.0 Å². The molecule has 0 aliphatic carbocycles. The first kappa shape index (κ1) is 16.3. The molecule has 1 aromatic heterocycles. The smallest absolute Gasteiger partial charge is 0.326 e. The molecule has 0 aromatic carbocycles. The lowest BCUT2D eigenvalue weighted by atomic mass is 10.1. The second-order valence-corrected chi connectivity index (χ2v) is 5.28. The molecule has 7 heteroatoms. The first-order chi connectivity index (χ1) is 9.54. The van der Waals surface area contributed by atoms with Crippen molar-refractivity contribution in [1.82, 2.24) is 15.6 Å². The third kappa shape index (κ3) is 5.48. The summed E-state index contributed by atoms with van der Waals surface area (Å²) < 4.78 is 0. The molecule has 0 fully saturated rings. The predicted octanol–water partition coefficient (Wildman–Crippen LogP) is 1.65. The van der Waals surface area contributed by atoms with Crippen LogP contribution in [0.15, 0.2) is 24.5 Å². The number of pyridine rings is 1. The van der Waals surface area contributed by atoms with Crippen LogP contribution in [0.3, 0.4) is 0 Å². The maximum atomic E-state index is 11.8. The van der Waals surface area contributed by atoms with Crippen LogP contribution in [0.5, 0.6) is 0 Å². The molecule has 6 nitrogen and oxygen atoms in total. The van der Waals surface area contributed by atoms with Crippen LogP contribution < -0.4 is 10.6 Å². The molecule has 2 atom stereocenters. The van der Waals surface area contributed by atoms with Crippen molar-refractivity contribution in [3.63, 3.8) is 0 Å². The lowest BCUT2D eigenvalue weighted by Crippen LogP contribution is -2.46. The fourth-order valence-electron chi connectivity index (χ4n) is 1.63. The van der Waals surface area contributed by atoms with E-state index in [0.29, 0.717) is 12.2 Å². The van der Waals surface area contributed by atoms with Crippen LogP contribution in [0.2, 0.25) is 0 Å². The van der Waals surface area contributed by atoms with E-state index in [1.165, 1.54) is 0 Å². The van der Waals surface area contributed by atoms with Gasteiger partial charge in [0.1, 0.15) is 6.04 Å². The summed E-state index contributed by atoms with van der Waals surface area (Å²) in [7, 11) is 0. The van der Waals surface area contributed by atoms with Gasteiger partial charge in [-0.25, -0.2) is 9.59 Å². The van der Waals surface area contributed by atoms with Crippen LogP contribution in [0.1, 0.15) is 24.9 Å². The second kappa shape index (κ2) is 8.42. The molecule has 0 saturated carbocycles. The number of thioether (sulfide) groups is 1. The number of urea groups is 1. The molecule has 1 heterocycles. The Labute approximate surface area is 122 Å². The van der Waals surface area contributed by atoms with E-state index < -0.39 is 18.0 Å². The minimum Gasteiger partial charge on any atom is -0.480 e. The third-order valence-corrected chi connectivity index (χ3v) is 3.41. The van der Waals surface area contributed by atoms with Crippen molar-refractivity contribution >= 4 is 23.8 Å². The predicted molar refractivity (Wildman–Crippen MR) is 78.7 cm³/mol. The topological polar surface area (TPSA) is 91.3 Å². The van der Waals surface area contributed by atoms with Crippen molar-refractivity contribution in [2.45, 2.75) is 25.4 Å². The molecule has 0 bridgehead atoms. The number of hydrogen-bond acceptors (Lipinski definition) is 4. The van der Waals surface area contributed by atoms with Crippen molar-refractivity contribution in [1.29, 1.82) is 0 Å². The highest BCUT2D eigenvalue weighted by molar-refractivity contribution is 7.98. The molecule has 110 valence electrons. The molecule has 3 N–H and O–H groups in total. The van der Waals surface area contributed by atoms with Crippen LogP contribution in [0, 0.1) is 0 Å². The summed E-state index contributed by atoms with van der Waals surface area (Å²) in [6.45, 7) is 1.83. The van der Waals surface area contributed by atoms with E-state index in [-0.39, 0.29) is 6.04 Å². The van der Waals surface area contributed by atoms with Crippen molar-refractivity contribution in [3.8, 4) is 0 Å². The average molecular weight is 297 g/mol. The second-order valence-electron chi connectivity index (χ2n) is 4.29. The lowest BCUT2D eigenvalue weighted by molar-refractivity contribution is -0.139. The van der Waals surface area contributed by atoms with Gasteiger partial charge in [0.15, 0.2) is 0 Å². The van der Waals surface area contributed by atoms with Gasteiger partial charge in [-0.3, -0.25) is 4.98 Å². The van der Waals surface area contributed by atoms with Gasteiger partial charge >= 0.3 is 12.0 Å². The summed E-state index contributed by atoms with van der Waals surface area (Å²) in [5.41, 5.74) is 0.908. The highest BCUT2D eigenvalue weighted by Crippen LogP contribution is 2.10. The summed E-state index contributed by atoms with van der Waals surface area (Å²) in [4.78, 5) is 26.7. The van der Waals surface area contributed by atoms with Gasteiger partial charge in [-0.15, -0.1) is 0 Å². The number of aliphatic carboxylic acids is 1. The van der Waals surface area contributed by atoms with Crippen LogP contribution in [0.25, 0.3) is 0 Å². The van der Waals surface area contributed by atoms with Crippen LogP contribution in [0.4, 0.5) is 4.79 Å². The van der Waals surface area contributed by atoms with Gasteiger partial charge in [-0.1, -0.05) is 0 Å². The number of carboxylic acid groups (broad SMARTS) is 1. The first-order valence-electron chi connectivity index (χ1n) is 6.23. The van der Waals surface area contributed by atoms with Gasteiger partial charge in [-0.2, -0.15) is 11.8 Å². The number of amides is 2. The summed E-state index contributed by atoms with van der Waals surface area (Å²) in [6, 6.07) is 2.03. The third-order valence-electron chi connectivity index (χ3n) is 2.77. The van der Waals surface area contributed by atoms with Crippen molar-refractivity contribution < 1.29 is 14.7 Å². The summed E-state index contributed by atoms with van der Waals surface area (Å²) in [6.07, 6.45) is 5.58. The molecule has 1 rings (SSSR count). The SMILES string of the molecule is CSCCC(NC(=O)NC(C)c1ccncc1)C(=O)O. The Morgan fingerprint density at radius 3 is 2.55 bits per heavy atom. The maximum Gasteiger partial charge on any atom is 0.326 e. The van der Waals surface area contributed by atoms with E-state index in [9.17, 15) is 9.59 Å². The monoisotopic (exact) mass is 297 g/mol. The maximum absolute atomic E-state index is 11.8. The Balaban J connectivity index is 2.51. The minimum atomic E-state index is -1.02. The van der Waals surface area contributed by atoms with E-state index in [1.54, 1.807) is 36.3 Å². The first-order valence-corrected chi connectivity index (χ1v) is 7.62. The molecule has 0 aliphatic rings. The van der Waals surface area contributed by atoms with Gasteiger partial charge in [0.2, 0.25) is 0 Å². The minimum absolute atomic E-state index is 0.215. The molecule has 0 spiro atoms. The Morgan fingerprint density at radius 2 is 2.00 bits per heavy atom. The standard InChI is InChI=1S/C13H19N3O3S/c1-9(10-3-6-14-7-4-10)15-13(19)16-11(12(17)18)5-8-20-2/h3-4,6-7,9,11H,5,8H2,1-2H3,(H,17,18)(H2,15,16,19). The molecule has 2 unspecified atom stereocenters. The van der Waals surface area contributed by atoms with Crippen LogP contribution in [-0.2, 0) is 4.79 Å². The fraction of sp³-hybridized carbons (Fsp3) is 0.462. The zero-order chi connectivity index (χ0) is 15.0. The number of carbonyl (C=O) groups excluding carboxylic acids is 1. The van der Waals surface area contributed by atoms with Crippen molar-refractivity contribution in [2.75, 3.05) is 12.0 Å². The van der Waals surface area contributed by atoms with E-state index >= 15 is 0 Å². The van der Waals surface area contributed by atoms with E-state index in [0.717, 1.165) is 5.56 Å². The van der Waals surface area contributed by atoms with Crippen molar-refractivity contribution in [3.05, 3.63) is 30.1 Å².